The van der Waals surface area contributed by atoms with Crippen molar-refractivity contribution in [2.24, 2.45) is 0 Å². The molecule has 0 saturated carbocycles. The Labute approximate surface area is 152 Å². The molecule has 0 aliphatic carbocycles. The van der Waals surface area contributed by atoms with Crippen LogP contribution in [0.1, 0.15) is 19.0 Å². The lowest BCUT2D eigenvalue weighted by Crippen LogP contribution is -2.16. The average Bonchev–Trinajstić information content (AvgIpc) is 2.97. The first-order valence-corrected chi connectivity index (χ1v) is 8.64. The summed E-state index contributed by atoms with van der Waals surface area (Å²) in [6.45, 7) is 4.34. The van der Waals surface area contributed by atoms with Gasteiger partial charge in [0, 0.05) is 34.2 Å². The number of aryl methyl sites for hydroxylation is 1. The Morgan fingerprint density at radius 1 is 1.24 bits per heavy atom. The van der Waals surface area contributed by atoms with Crippen LogP contribution in [0.5, 0.6) is 0 Å². The van der Waals surface area contributed by atoms with Gasteiger partial charge in [-0.25, -0.2) is 0 Å². The number of nitrogens with zero attached hydrogens (tertiary/aromatic N) is 3. The Kier molecular flexibility index (Phi) is 5.36. The number of hydrogen-bond acceptors (Lipinski definition) is 4. The molecule has 5 nitrogen and oxygen atoms in total. The molecule has 2 aromatic heterocycles. The fraction of sp³-hybridized carbons (Fsp3) is 0.263. The summed E-state index contributed by atoms with van der Waals surface area (Å²) in [5.41, 5.74) is 3.75. The van der Waals surface area contributed by atoms with E-state index >= 15 is 0 Å². The van der Waals surface area contributed by atoms with Crippen molar-refractivity contribution in [3.63, 3.8) is 0 Å². The summed E-state index contributed by atoms with van der Waals surface area (Å²) in [7, 11) is 0. The molecular formula is C19H21ClN4O. The van der Waals surface area contributed by atoms with Crippen molar-refractivity contribution in [1.29, 1.82) is 0 Å². The van der Waals surface area contributed by atoms with E-state index in [4.69, 9.17) is 11.6 Å². The van der Waals surface area contributed by atoms with E-state index in [2.05, 4.69) is 15.4 Å². The molecule has 0 unspecified atom stereocenters. The molecule has 3 rings (SSSR count). The van der Waals surface area contributed by atoms with Gasteiger partial charge in [-0.1, -0.05) is 24.6 Å². The first-order chi connectivity index (χ1) is 12.0. The van der Waals surface area contributed by atoms with E-state index in [0.29, 0.717) is 23.8 Å². The van der Waals surface area contributed by atoms with Gasteiger partial charge in [0.05, 0.1) is 18.3 Å². The van der Waals surface area contributed by atoms with E-state index < -0.39 is 6.10 Å². The zero-order chi connectivity index (χ0) is 17.8. The summed E-state index contributed by atoms with van der Waals surface area (Å²) in [6, 6.07) is 13.4. The molecule has 1 atom stereocenters. The maximum atomic E-state index is 10.1. The summed E-state index contributed by atoms with van der Waals surface area (Å²) >= 11 is 6.04. The molecule has 2 heterocycles. The lowest BCUT2D eigenvalue weighted by molar-refractivity contribution is 0.146. The van der Waals surface area contributed by atoms with Gasteiger partial charge in [0.1, 0.15) is 0 Å². The number of benzene rings is 1. The van der Waals surface area contributed by atoms with Crippen LogP contribution in [0.4, 0.5) is 11.5 Å². The minimum Gasteiger partial charge on any atom is -0.391 e. The van der Waals surface area contributed by atoms with Crippen LogP contribution in [0, 0.1) is 6.92 Å². The van der Waals surface area contributed by atoms with Gasteiger partial charge in [-0.2, -0.15) is 5.10 Å². The van der Waals surface area contributed by atoms with Gasteiger partial charge < -0.3 is 10.4 Å². The van der Waals surface area contributed by atoms with Crippen molar-refractivity contribution >= 4 is 23.1 Å². The second kappa shape index (κ2) is 7.68. The van der Waals surface area contributed by atoms with Crippen molar-refractivity contribution in [2.45, 2.75) is 32.9 Å². The van der Waals surface area contributed by atoms with Crippen LogP contribution in [-0.4, -0.2) is 26.0 Å². The lowest BCUT2D eigenvalue weighted by Gasteiger charge is -2.11. The maximum Gasteiger partial charge on any atom is 0.153 e. The van der Waals surface area contributed by atoms with Crippen LogP contribution in [-0.2, 0) is 6.54 Å². The molecule has 6 heteroatoms. The van der Waals surface area contributed by atoms with Gasteiger partial charge in [0.25, 0.3) is 0 Å². The Bertz CT molecular complexity index is 862. The standard InChI is InChI=1S/C19H21ClN4O/c1-3-17(25)12-24-18(14-7-8-21-13(2)9-14)11-19(23-24)22-16-6-4-5-15(20)10-16/h4-11,17,25H,3,12H2,1-2H3,(H,22,23)/t17-/m0/s1. The summed E-state index contributed by atoms with van der Waals surface area (Å²) in [4.78, 5) is 4.25. The van der Waals surface area contributed by atoms with Crippen molar-refractivity contribution in [3.05, 3.63) is 59.4 Å². The largest absolute Gasteiger partial charge is 0.391 e. The summed E-state index contributed by atoms with van der Waals surface area (Å²) in [5.74, 6) is 0.704. The first kappa shape index (κ1) is 17.5. The Morgan fingerprint density at radius 3 is 2.80 bits per heavy atom. The summed E-state index contributed by atoms with van der Waals surface area (Å²) in [6.07, 6.45) is 2.01. The van der Waals surface area contributed by atoms with Crippen LogP contribution >= 0.6 is 11.6 Å². The number of aromatic nitrogens is 3. The highest BCUT2D eigenvalue weighted by Crippen LogP contribution is 2.26. The van der Waals surface area contributed by atoms with Crippen molar-refractivity contribution in [2.75, 3.05) is 5.32 Å². The minimum atomic E-state index is -0.444. The number of rotatable bonds is 6. The molecule has 3 aromatic rings. The lowest BCUT2D eigenvalue weighted by atomic mass is 10.1. The van der Waals surface area contributed by atoms with Gasteiger partial charge in [-0.05, 0) is 43.7 Å². The highest BCUT2D eigenvalue weighted by atomic mass is 35.5. The van der Waals surface area contributed by atoms with E-state index in [1.54, 1.807) is 6.20 Å². The highest BCUT2D eigenvalue weighted by molar-refractivity contribution is 6.30. The van der Waals surface area contributed by atoms with Crippen LogP contribution in [0.25, 0.3) is 11.3 Å². The van der Waals surface area contributed by atoms with Gasteiger partial charge in [-0.3, -0.25) is 9.67 Å². The van der Waals surface area contributed by atoms with Gasteiger partial charge in [-0.15, -0.1) is 0 Å². The van der Waals surface area contributed by atoms with E-state index in [0.717, 1.165) is 22.6 Å². The smallest absolute Gasteiger partial charge is 0.153 e. The number of hydrogen-bond donors (Lipinski definition) is 2. The molecule has 25 heavy (non-hydrogen) atoms. The van der Waals surface area contributed by atoms with Gasteiger partial charge >= 0.3 is 0 Å². The molecular weight excluding hydrogens is 336 g/mol. The van der Waals surface area contributed by atoms with E-state index in [1.807, 2.05) is 61.0 Å². The topological polar surface area (TPSA) is 63.0 Å². The fourth-order valence-corrected chi connectivity index (χ4v) is 2.79. The number of aliphatic hydroxyl groups excluding tert-OH is 1. The third-order valence-electron chi connectivity index (χ3n) is 3.92. The highest BCUT2D eigenvalue weighted by Gasteiger charge is 2.13. The summed E-state index contributed by atoms with van der Waals surface area (Å²) < 4.78 is 1.83. The second-order valence-corrected chi connectivity index (χ2v) is 6.42. The molecule has 0 fully saturated rings. The zero-order valence-corrected chi connectivity index (χ0v) is 15.0. The van der Waals surface area contributed by atoms with E-state index in [1.165, 1.54) is 0 Å². The molecule has 0 amide bonds. The number of anilines is 2. The summed E-state index contributed by atoms with van der Waals surface area (Å²) in [5, 5.41) is 18.6. The molecule has 0 aliphatic heterocycles. The number of aliphatic hydroxyl groups is 1. The molecule has 0 aliphatic rings. The quantitative estimate of drug-likeness (QED) is 0.686. The fourth-order valence-electron chi connectivity index (χ4n) is 2.60. The second-order valence-electron chi connectivity index (χ2n) is 5.98. The Hall–Kier alpha value is -2.37. The molecule has 0 saturated heterocycles. The van der Waals surface area contributed by atoms with Crippen molar-refractivity contribution in [1.82, 2.24) is 14.8 Å². The van der Waals surface area contributed by atoms with Crippen LogP contribution < -0.4 is 5.32 Å². The monoisotopic (exact) mass is 356 g/mol. The molecule has 0 radical (unpaired) electrons. The van der Waals surface area contributed by atoms with Gasteiger partial charge in [0.2, 0.25) is 0 Å². The predicted molar refractivity (Wildman–Crippen MR) is 101 cm³/mol. The molecule has 130 valence electrons. The number of halogens is 1. The third-order valence-corrected chi connectivity index (χ3v) is 4.16. The average molecular weight is 357 g/mol. The maximum absolute atomic E-state index is 10.1. The molecule has 0 bridgehead atoms. The van der Waals surface area contributed by atoms with Crippen LogP contribution in [0.2, 0.25) is 5.02 Å². The Balaban J connectivity index is 1.96. The van der Waals surface area contributed by atoms with E-state index in [-0.39, 0.29) is 0 Å². The minimum absolute atomic E-state index is 0.435. The first-order valence-electron chi connectivity index (χ1n) is 8.26. The SMILES string of the molecule is CC[C@H](O)Cn1nc(Nc2cccc(Cl)c2)cc1-c1ccnc(C)c1. The van der Waals surface area contributed by atoms with Crippen molar-refractivity contribution in [3.8, 4) is 11.3 Å². The van der Waals surface area contributed by atoms with E-state index in [9.17, 15) is 5.11 Å². The molecule has 0 spiro atoms. The molecule has 2 N–H and O–H groups in total. The zero-order valence-electron chi connectivity index (χ0n) is 14.3. The van der Waals surface area contributed by atoms with Crippen LogP contribution in [0.3, 0.4) is 0 Å². The predicted octanol–water partition coefficient (Wildman–Crippen LogP) is 4.42. The van der Waals surface area contributed by atoms with Crippen molar-refractivity contribution < 1.29 is 5.11 Å². The van der Waals surface area contributed by atoms with Gasteiger partial charge in [0.15, 0.2) is 5.82 Å². The van der Waals surface area contributed by atoms with Crippen LogP contribution in [0.15, 0.2) is 48.7 Å². The number of nitrogens with one attached hydrogen (secondary N) is 1. The number of pyridine rings is 1. The normalized spacial score (nSPS) is 12.2. The third kappa shape index (κ3) is 4.38. The Morgan fingerprint density at radius 2 is 2.08 bits per heavy atom. The molecule has 1 aromatic carbocycles.